The molecular formula is C12H9FN2O2S. The molecule has 0 radical (unpaired) electrons. The smallest absolute Gasteiger partial charge is 0.358 e. The summed E-state index contributed by atoms with van der Waals surface area (Å²) in [7, 11) is 1.26. The van der Waals surface area contributed by atoms with E-state index in [1.54, 1.807) is 18.2 Å². The number of aromatic nitrogens is 2. The number of esters is 1. The molecule has 18 heavy (non-hydrogen) atoms. The predicted octanol–water partition coefficient (Wildman–Crippen LogP) is 2.55. The Labute approximate surface area is 107 Å². The van der Waals surface area contributed by atoms with Gasteiger partial charge in [-0.3, -0.25) is 4.98 Å². The summed E-state index contributed by atoms with van der Waals surface area (Å²) >= 11 is 1.10. The van der Waals surface area contributed by atoms with Crippen molar-refractivity contribution in [2.45, 2.75) is 9.92 Å². The van der Waals surface area contributed by atoms with Crippen molar-refractivity contribution in [3.05, 3.63) is 48.2 Å². The molecular weight excluding hydrogens is 255 g/mol. The third-order valence-corrected chi connectivity index (χ3v) is 3.01. The van der Waals surface area contributed by atoms with Crippen LogP contribution in [0.25, 0.3) is 0 Å². The summed E-state index contributed by atoms with van der Waals surface area (Å²) in [6.45, 7) is 0. The van der Waals surface area contributed by atoms with E-state index in [0.29, 0.717) is 9.92 Å². The second-order valence-corrected chi connectivity index (χ2v) is 4.33. The zero-order chi connectivity index (χ0) is 13.0. The Morgan fingerprint density at radius 2 is 2.11 bits per heavy atom. The van der Waals surface area contributed by atoms with Crippen LogP contribution in [0.15, 0.2) is 46.6 Å². The average Bonchev–Trinajstić information content (AvgIpc) is 2.41. The number of benzene rings is 1. The number of rotatable bonds is 3. The van der Waals surface area contributed by atoms with Crippen LogP contribution in [0.2, 0.25) is 0 Å². The second kappa shape index (κ2) is 5.59. The first kappa shape index (κ1) is 12.5. The lowest BCUT2D eigenvalue weighted by Gasteiger charge is -2.03. The van der Waals surface area contributed by atoms with E-state index in [9.17, 15) is 9.18 Å². The molecule has 0 saturated carbocycles. The van der Waals surface area contributed by atoms with Crippen molar-refractivity contribution in [3.8, 4) is 0 Å². The highest BCUT2D eigenvalue weighted by Gasteiger charge is 2.10. The monoisotopic (exact) mass is 264 g/mol. The minimum atomic E-state index is -0.571. The van der Waals surface area contributed by atoms with Gasteiger partial charge >= 0.3 is 5.97 Å². The molecule has 4 nitrogen and oxygen atoms in total. The van der Waals surface area contributed by atoms with Gasteiger partial charge in [0.1, 0.15) is 10.8 Å². The van der Waals surface area contributed by atoms with Gasteiger partial charge in [0.2, 0.25) is 0 Å². The standard InChI is InChI=1S/C12H9FN2O2S/c1-17-12(16)9-6-14-7-11(15-9)18-10-5-3-2-4-8(10)13/h2-7H,1H3. The highest BCUT2D eigenvalue weighted by atomic mass is 32.2. The van der Waals surface area contributed by atoms with Gasteiger partial charge in [0.25, 0.3) is 0 Å². The topological polar surface area (TPSA) is 52.1 Å². The fourth-order valence-corrected chi connectivity index (χ4v) is 2.04. The van der Waals surface area contributed by atoms with Crippen LogP contribution in [0.5, 0.6) is 0 Å². The third-order valence-electron chi connectivity index (χ3n) is 2.06. The number of ether oxygens (including phenoxy) is 1. The molecule has 6 heteroatoms. The maximum Gasteiger partial charge on any atom is 0.358 e. The van der Waals surface area contributed by atoms with Crippen molar-refractivity contribution >= 4 is 17.7 Å². The Balaban J connectivity index is 2.25. The molecule has 92 valence electrons. The van der Waals surface area contributed by atoms with E-state index < -0.39 is 5.97 Å². The molecule has 1 aromatic carbocycles. The van der Waals surface area contributed by atoms with Crippen molar-refractivity contribution < 1.29 is 13.9 Å². The summed E-state index contributed by atoms with van der Waals surface area (Å²) in [4.78, 5) is 19.6. The summed E-state index contributed by atoms with van der Waals surface area (Å²) in [5.41, 5.74) is 0.0961. The average molecular weight is 264 g/mol. The summed E-state index contributed by atoms with van der Waals surface area (Å²) in [6.07, 6.45) is 2.76. The van der Waals surface area contributed by atoms with Gasteiger partial charge in [0.05, 0.1) is 19.5 Å². The van der Waals surface area contributed by atoms with Crippen LogP contribution < -0.4 is 0 Å². The quantitative estimate of drug-likeness (QED) is 0.797. The number of nitrogens with zero attached hydrogens (tertiary/aromatic N) is 2. The fourth-order valence-electron chi connectivity index (χ4n) is 1.24. The first-order valence-corrected chi connectivity index (χ1v) is 5.85. The van der Waals surface area contributed by atoms with Crippen molar-refractivity contribution in [1.82, 2.24) is 9.97 Å². The summed E-state index contributed by atoms with van der Waals surface area (Å²) in [5, 5.41) is 0.433. The molecule has 0 saturated heterocycles. The molecule has 1 aromatic heterocycles. The molecule has 0 N–H and O–H groups in total. The van der Waals surface area contributed by atoms with Crippen molar-refractivity contribution in [3.63, 3.8) is 0 Å². The molecule has 0 bridgehead atoms. The van der Waals surface area contributed by atoms with E-state index in [-0.39, 0.29) is 11.5 Å². The van der Waals surface area contributed by atoms with E-state index in [1.807, 2.05) is 0 Å². The van der Waals surface area contributed by atoms with Crippen LogP contribution in [0.1, 0.15) is 10.5 Å². The number of carbonyl (C=O) groups excluding carboxylic acids is 1. The summed E-state index contributed by atoms with van der Waals surface area (Å²) < 4.78 is 18.0. The zero-order valence-electron chi connectivity index (χ0n) is 9.46. The van der Waals surface area contributed by atoms with Crippen molar-refractivity contribution in [2.24, 2.45) is 0 Å². The number of hydrogen-bond donors (Lipinski definition) is 0. The normalized spacial score (nSPS) is 10.1. The Bertz CT molecular complexity index is 578. The van der Waals surface area contributed by atoms with Crippen LogP contribution in [0.4, 0.5) is 4.39 Å². The van der Waals surface area contributed by atoms with Gasteiger partial charge in [-0.1, -0.05) is 23.9 Å². The highest BCUT2D eigenvalue weighted by Crippen LogP contribution is 2.27. The second-order valence-electron chi connectivity index (χ2n) is 3.27. The van der Waals surface area contributed by atoms with Crippen molar-refractivity contribution in [1.29, 1.82) is 0 Å². The molecule has 0 unspecified atom stereocenters. The molecule has 0 amide bonds. The van der Waals surface area contributed by atoms with Gasteiger partial charge < -0.3 is 4.74 Å². The first-order valence-electron chi connectivity index (χ1n) is 5.03. The van der Waals surface area contributed by atoms with E-state index in [4.69, 9.17) is 0 Å². The molecule has 0 aliphatic heterocycles. The molecule has 2 aromatic rings. The molecule has 0 spiro atoms. The van der Waals surface area contributed by atoms with Gasteiger partial charge in [-0.15, -0.1) is 0 Å². The minimum Gasteiger partial charge on any atom is -0.464 e. The van der Waals surface area contributed by atoms with Crippen LogP contribution in [-0.4, -0.2) is 23.0 Å². The lowest BCUT2D eigenvalue weighted by Crippen LogP contribution is -2.05. The SMILES string of the molecule is COC(=O)c1cncc(Sc2ccccc2F)n1. The third kappa shape index (κ3) is 2.84. The van der Waals surface area contributed by atoms with Gasteiger partial charge in [0.15, 0.2) is 5.69 Å². The first-order chi connectivity index (χ1) is 8.70. The van der Waals surface area contributed by atoms with E-state index >= 15 is 0 Å². The lowest BCUT2D eigenvalue weighted by atomic mass is 10.3. The minimum absolute atomic E-state index is 0.0961. The summed E-state index contributed by atoms with van der Waals surface area (Å²) in [6, 6.07) is 6.32. The van der Waals surface area contributed by atoms with Crippen LogP contribution in [0.3, 0.4) is 0 Å². The maximum absolute atomic E-state index is 13.4. The van der Waals surface area contributed by atoms with Gasteiger partial charge in [0, 0.05) is 4.90 Å². The Kier molecular flexibility index (Phi) is 3.88. The Hall–Kier alpha value is -1.95. The van der Waals surface area contributed by atoms with Crippen molar-refractivity contribution in [2.75, 3.05) is 7.11 Å². The molecule has 0 fully saturated rings. The van der Waals surface area contributed by atoms with Gasteiger partial charge in [-0.25, -0.2) is 14.2 Å². The largest absolute Gasteiger partial charge is 0.464 e. The number of halogens is 1. The predicted molar refractivity (Wildman–Crippen MR) is 63.9 cm³/mol. The van der Waals surface area contributed by atoms with Gasteiger partial charge in [-0.2, -0.15) is 0 Å². The van der Waals surface area contributed by atoms with Gasteiger partial charge in [-0.05, 0) is 12.1 Å². The fraction of sp³-hybridized carbons (Fsp3) is 0.0833. The van der Waals surface area contributed by atoms with Crippen LogP contribution in [-0.2, 0) is 4.74 Å². The molecule has 0 atom stereocenters. The zero-order valence-corrected chi connectivity index (χ0v) is 10.3. The van der Waals surface area contributed by atoms with Crippen LogP contribution in [0, 0.1) is 5.82 Å². The highest BCUT2D eigenvalue weighted by molar-refractivity contribution is 7.99. The molecule has 2 rings (SSSR count). The Morgan fingerprint density at radius 1 is 1.33 bits per heavy atom. The summed E-state index contributed by atoms with van der Waals surface area (Å²) in [5.74, 6) is -0.911. The molecule has 0 aliphatic carbocycles. The van der Waals surface area contributed by atoms with E-state index in [1.165, 1.54) is 25.6 Å². The maximum atomic E-state index is 13.4. The van der Waals surface area contributed by atoms with E-state index in [2.05, 4.69) is 14.7 Å². The van der Waals surface area contributed by atoms with E-state index in [0.717, 1.165) is 11.8 Å². The number of methoxy groups -OCH3 is 1. The Morgan fingerprint density at radius 3 is 2.83 bits per heavy atom. The number of hydrogen-bond acceptors (Lipinski definition) is 5. The molecule has 1 heterocycles. The van der Waals surface area contributed by atoms with Crippen LogP contribution >= 0.6 is 11.8 Å². The number of carbonyl (C=O) groups is 1. The lowest BCUT2D eigenvalue weighted by molar-refractivity contribution is 0.0592. The molecule has 0 aliphatic rings.